The molecule has 3 rings (SSSR count). The van der Waals surface area contributed by atoms with Crippen molar-refractivity contribution >= 4 is 29.5 Å². The first kappa shape index (κ1) is 25.4. The Labute approximate surface area is 203 Å². The van der Waals surface area contributed by atoms with Crippen LogP contribution >= 0.6 is 0 Å². The molecule has 1 heterocycles. The minimum Gasteiger partial charge on any atom is -0.493 e. The molecule has 184 valence electrons. The van der Waals surface area contributed by atoms with Crippen molar-refractivity contribution in [1.82, 2.24) is 10.2 Å². The number of rotatable bonds is 10. The number of carbonyl (C=O) groups is 4. The topological polar surface area (TPSA) is 140 Å². The van der Waals surface area contributed by atoms with Gasteiger partial charge in [0.25, 0.3) is 11.8 Å². The van der Waals surface area contributed by atoms with Gasteiger partial charge in [-0.15, -0.1) is 0 Å². The number of Topliss-reactive ketones (excluding diaryl/α,β-unsaturated/α-hetero) is 1. The van der Waals surface area contributed by atoms with Gasteiger partial charge in [-0.1, -0.05) is 18.2 Å². The Hall–Kier alpha value is -4.21. The number of guanidine groups is 1. The van der Waals surface area contributed by atoms with Crippen LogP contribution in [0.3, 0.4) is 0 Å². The molecule has 0 bridgehead atoms. The van der Waals surface area contributed by atoms with Crippen molar-refractivity contribution in [2.45, 2.75) is 32.2 Å². The number of hydrogen-bond donors (Lipinski definition) is 2. The maximum Gasteiger partial charge on any atom is 0.261 e. The van der Waals surface area contributed by atoms with Crippen LogP contribution in [0.2, 0.25) is 0 Å². The number of benzene rings is 2. The van der Waals surface area contributed by atoms with E-state index in [0.29, 0.717) is 34.6 Å². The highest BCUT2D eigenvalue weighted by Crippen LogP contribution is 2.27. The Morgan fingerprint density at radius 3 is 2.26 bits per heavy atom. The van der Waals surface area contributed by atoms with Crippen LogP contribution in [-0.2, 0) is 16.0 Å². The summed E-state index contributed by atoms with van der Waals surface area (Å²) in [6.45, 7) is 1.70. The predicted molar refractivity (Wildman–Crippen MR) is 129 cm³/mol. The second-order valence-corrected chi connectivity index (χ2v) is 7.98. The van der Waals surface area contributed by atoms with Crippen LogP contribution < -0.4 is 20.5 Å². The van der Waals surface area contributed by atoms with Crippen molar-refractivity contribution in [3.8, 4) is 11.5 Å². The summed E-state index contributed by atoms with van der Waals surface area (Å²) in [4.78, 5) is 54.7. The number of ether oxygens (including phenoxy) is 2. The third-order valence-corrected chi connectivity index (χ3v) is 5.56. The van der Waals surface area contributed by atoms with Crippen molar-refractivity contribution in [3.63, 3.8) is 0 Å². The fraction of sp³-hybridized carbons (Fsp3) is 0.320. The highest BCUT2D eigenvalue weighted by atomic mass is 16.5. The second-order valence-electron chi connectivity index (χ2n) is 7.98. The van der Waals surface area contributed by atoms with Crippen molar-refractivity contribution in [1.29, 1.82) is 0 Å². The molecule has 1 aliphatic heterocycles. The van der Waals surface area contributed by atoms with Crippen LogP contribution in [0.5, 0.6) is 11.5 Å². The quantitative estimate of drug-likeness (QED) is 0.300. The molecule has 0 aliphatic carbocycles. The van der Waals surface area contributed by atoms with E-state index in [4.69, 9.17) is 15.2 Å². The predicted octanol–water partition coefficient (Wildman–Crippen LogP) is 1.71. The average Bonchev–Trinajstić information content (AvgIpc) is 3.08. The lowest BCUT2D eigenvalue weighted by atomic mass is 10.1. The first-order valence-electron chi connectivity index (χ1n) is 11.1. The minimum absolute atomic E-state index is 0.0270. The number of nitrogens with one attached hydrogen (secondary N) is 1. The summed E-state index contributed by atoms with van der Waals surface area (Å²) in [5, 5.41) is 2.47. The molecule has 2 aromatic rings. The lowest BCUT2D eigenvalue weighted by Gasteiger charge is -2.14. The Morgan fingerprint density at radius 2 is 1.66 bits per heavy atom. The van der Waals surface area contributed by atoms with Crippen LogP contribution in [0.25, 0.3) is 0 Å². The zero-order valence-corrected chi connectivity index (χ0v) is 19.9. The first-order valence-corrected chi connectivity index (χ1v) is 11.1. The number of carbonyl (C=O) groups excluding carboxylic acids is 4. The Bertz CT molecular complexity index is 1140. The van der Waals surface area contributed by atoms with E-state index < -0.39 is 11.9 Å². The van der Waals surface area contributed by atoms with Crippen LogP contribution in [0.1, 0.15) is 46.0 Å². The van der Waals surface area contributed by atoms with Gasteiger partial charge in [-0.3, -0.25) is 29.4 Å². The molecule has 1 atom stereocenters. The van der Waals surface area contributed by atoms with Crippen molar-refractivity contribution in [2.75, 3.05) is 20.8 Å². The van der Waals surface area contributed by atoms with Gasteiger partial charge >= 0.3 is 0 Å². The number of nitrogens with zero attached hydrogens (tertiary/aromatic N) is 2. The van der Waals surface area contributed by atoms with Gasteiger partial charge in [0.2, 0.25) is 5.91 Å². The molecule has 0 fully saturated rings. The molecule has 2 aromatic carbocycles. The Morgan fingerprint density at radius 1 is 1.03 bits per heavy atom. The van der Waals surface area contributed by atoms with Gasteiger partial charge in [-0.25, -0.2) is 4.99 Å². The minimum atomic E-state index is -0.793. The molecule has 10 nitrogen and oxygen atoms in total. The van der Waals surface area contributed by atoms with E-state index in [2.05, 4.69) is 10.3 Å². The van der Waals surface area contributed by atoms with Gasteiger partial charge in [0.05, 0.1) is 31.8 Å². The SMILES string of the molecule is COc1ccc(CC(=O)NC(N)=N[C@H](C)C(=O)CCCN2C(=O)c3ccccc3C2=O)cc1OC. The standard InChI is InChI=1S/C25H28N4O6/c1-15(19(30)9-6-12-29-23(32)17-7-4-5-8-18(17)24(29)33)27-25(26)28-22(31)14-16-10-11-20(34-2)21(13-16)35-3/h4-5,7-8,10-11,13,15H,6,9,12,14H2,1-3H3,(H3,26,27,28,31)/t15-/m1/s1. The molecule has 0 unspecified atom stereocenters. The van der Waals surface area contributed by atoms with E-state index in [0.717, 1.165) is 4.90 Å². The van der Waals surface area contributed by atoms with E-state index in [1.165, 1.54) is 14.2 Å². The van der Waals surface area contributed by atoms with Gasteiger partial charge in [0.1, 0.15) is 6.04 Å². The number of imide groups is 1. The third-order valence-electron chi connectivity index (χ3n) is 5.56. The molecule has 0 aromatic heterocycles. The largest absolute Gasteiger partial charge is 0.493 e. The first-order chi connectivity index (χ1) is 16.7. The summed E-state index contributed by atoms with van der Waals surface area (Å²) in [5.74, 6) is -0.455. The second kappa shape index (κ2) is 11.3. The van der Waals surface area contributed by atoms with Gasteiger partial charge in [0.15, 0.2) is 23.2 Å². The molecule has 10 heteroatoms. The van der Waals surface area contributed by atoms with Crippen LogP contribution in [0, 0.1) is 0 Å². The molecule has 35 heavy (non-hydrogen) atoms. The van der Waals surface area contributed by atoms with Gasteiger partial charge in [-0.05, 0) is 43.2 Å². The lowest BCUT2D eigenvalue weighted by Crippen LogP contribution is -2.39. The molecule has 3 amide bonds. The summed E-state index contributed by atoms with van der Waals surface area (Å²) in [6, 6.07) is 10.9. The van der Waals surface area contributed by atoms with Crippen molar-refractivity contribution < 1.29 is 28.7 Å². The number of fused-ring (bicyclic) bond motifs is 1. The number of ketones is 1. The lowest BCUT2D eigenvalue weighted by molar-refractivity contribution is -0.120. The summed E-state index contributed by atoms with van der Waals surface area (Å²) in [6.07, 6.45) is 0.430. The van der Waals surface area contributed by atoms with Gasteiger partial charge < -0.3 is 15.2 Å². The molecule has 0 radical (unpaired) electrons. The fourth-order valence-corrected chi connectivity index (χ4v) is 3.74. The number of methoxy groups -OCH3 is 2. The Kier molecular flexibility index (Phi) is 8.19. The van der Waals surface area contributed by atoms with E-state index in [9.17, 15) is 19.2 Å². The van der Waals surface area contributed by atoms with Crippen LogP contribution in [-0.4, -0.2) is 61.2 Å². The van der Waals surface area contributed by atoms with Crippen molar-refractivity contribution in [3.05, 3.63) is 59.2 Å². The monoisotopic (exact) mass is 480 g/mol. The molecule has 0 saturated heterocycles. The number of aliphatic imine (C=N–C) groups is 1. The zero-order chi connectivity index (χ0) is 25.5. The normalized spacial score (nSPS) is 13.9. The smallest absolute Gasteiger partial charge is 0.261 e. The van der Waals surface area contributed by atoms with Gasteiger partial charge in [0, 0.05) is 13.0 Å². The number of hydrogen-bond acceptors (Lipinski definition) is 7. The summed E-state index contributed by atoms with van der Waals surface area (Å²) >= 11 is 0. The highest BCUT2D eigenvalue weighted by molar-refractivity contribution is 6.21. The van der Waals surface area contributed by atoms with Crippen LogP contribution in [0.15, 0.2) is 47.5 Å². The summed E-state index contributed by atoms with van der Waals surface area (Å²) < 4.78 is 10.4. The summed E-state index contributed by atoms with van der Waals surface area (Å²) in [5.41, 5.74) is 7.24. The average molecular weight is 481 g/mol. The van der Waals surface area contributed by atoms with Gasteiger partial charge in [-0.2, -0.15) is 0 Å². The number of amides is 3. The van der Waals surface area contributed by atoms with E-state index >= 15 is 0 Å². The number of nitrogens with two attached hydrogens (primary N) is 1. The van der Waals surface area contributed by atoms with Crippen LogP contribution in [0.4, 0.5) is 0 Å². The maximum atomic E-state index is 12.5. The zero-order valence-electron chi connectivity index (χ0n) is 19.9. The molecule has 0 spiro atoms. The highest BCUT2D eigenvalue weighted by Gasteiger charge is 2.34. The molecule has 0 saturated carbocycles. The fourth-order valence-electron chi connectivity index (χ4n) is 3.74. The van der Waals surface area contributed by atoms with Crippen molar-refractivity contribution in [2.24, 2.45) is 10.7 Å². The maximum absolute atomic E-state index is 12.5. The Balaban J connectivity index is 1.47. The molecule has 3 N–H and O–H groups in total. The molecular weight excluding hydrogens is 452 g/mol. The molecule has 1 aliphatic rings. The molecular formula is C25H28N4O6. The van der Waals surface area contributed by atoms with E-state index in [1.54, 1.807) is 49.4 Å². The summed E-state index contributed by atoms with van der Waals surface area (Å²) in [7, 11) is 3.03. The van der Waals surface area contributed by atoms with E-state index in [-0.39, 0.29) is 42.9 Å². The third kappa shape index (κ3) is 6.03. The van der Waals surface area contributed by atoms with E-state index in [1.807, 2.05) is 0 Å².